The molecule has 13 nitrogen and oxygen atoms in total. The molecule has 42 heavy (non-hydrogen) atoms. The number of hydrogen-bond donors (Lipinski definition) is 1. The van der Waals surface area contributed by atoms with Gasteiger partial charge in [-0.2, -0.15) is 0 Å². The van der Waals surface area contributed by atoms with Crippen LogP contribution in [-0.2, 0) is 56.9 Å². The summed E-state index contributed by atoms with van der Waals surface area (Å²) >= 11 is 0. The highest BCUT2D eigenvalue weighted by Crippen LogP contribution is 2.06. The summed E-state index contributed by atoms with van der Waals surface area (Å²) in [6.07, 6.45) is 2.53. The van der Waals surface area contributed by atoms with Crippen molar-refractivity contribution in [1.82, 2.24) is 5.32 Å². The summed E-state index contributed by atoms with van der Waals surface area (Å²) in [7, 11) is 0. The van der Waals surface area contributed by atoms with Gasteiger partial charge in [-0.15, -0.1) is 0 Å². The monoisotopic (exact) mass is 609 g/mol. The molecule has 1 aliphatic rings. The molecule has 248 valence electrons. The van der Waals surface area contributed by atoms with E-state index < -0.39 is 5.97 Å². The van der Waals surface area contributed by atoms with Gasteiger partial charge in [0.2, 0.25) is 0 Å². The van der Waals surface area contributed by atoms with E-state index in [1.54, 1.807) is 6.92 Å². The highest BCUT2D eigenvalue weighted by Gasteiger charge is 2.12. The van der Waals surface area contributed by atoms with E-state index in [1.165, 1.54) is 0 Å². The van der Waals surface area contributed by atoms with Gasteiger partial charge in [-0.3, -0.25) is 0 Å². The summed E-state index contributed by atoms with van der Waals surface area (Å²) in [5, 5.41) is 3.32. The molecular weight excluding hydrogens is 554 g/mol. The van der Waals surface area contributed by atoms with Crippen LogP contribution >= 0.6 is 0 Å². The number of hydrogen-bond acceptors (Lipinski definition) is 13. The van der Waals surface area contributed by atoms with Crippen LogP contribution in [0.25, 0.3) is 0 Å². The minimum absolute atomic E-state index is 0.202. The van der Waals surface area contributed by atoms with Crippen LogP contribution in [0.4, 0.5) is 0 Å². The fourth-order valence-electron chi connectivity index (χ4n) is 3.41. The zero-order valence-electron chi connectivity index (χ0n) is 25.7. The zero-order valence-corrected chi connectivity index (χ0v) is 25.7. The van der Waals surface area contributed by atoms with Crippen LogP contribution in [0.2, 0.25) is 0 Å². The summed E-state index contributed by atoms with van der Waals surface area (Å²) < 4.78 is 59.7. The van der Waals surface area contributed by atoms with Crippen molar-refractivity contribution in [1.29, 1.82) is 0 Å². The molecule has 13 heteroatoms. The topological polar surface area (TPSA) is 131 Å². The fraction of sp³-hybridized carbons (Fsp3) is 0.897. The van der Waals surface area contributed by atoms with E-state index in [0.717, 1.165) is 25.9 Å². The molecule has 0 aliphatic carbocycles. The number of piperidine rings is 1. The minimum Gasteiger partial charge on any atom is -0.460 e. The molecule has 0 aromatic heterocycles. The molecule has 0 aromatic carbocycles. The summed E-state index contributed by atoms with van der Waals surface area (Å²) in [5.74, 6) is -0.410. The van der Waals surface area contributed by atoms with Crippen molar-refractivity contribution in [2.75, 3.05) is 145 Å². The highest BCUT2D eigenvalue weighted by atomic mass is 16.6. The maximum Gasteiger partial charge on any atom is 0.333 e. The number of carbonyl (C=O) groups is 1. The van der Waals surface area contributed by atoms with Gasteiger partial charge in [-0.25, -0.2) is 4.79 Å². The molecule has 0 amide bonds. The molecule has 1 heterocycles. The SMILES string of the molecule is C=C(C)C(=O)OCCOCCOCCOCCOCCOCCOCCOCCOCCOCCOC1CCNCC1. The van der Waals surface area contributed by atoms with E-state index in [9.17, 15) is 4.79 Å². The largest absolute Gasteiger partial charge is 0.460 e. The quantitative estimate of drug-likeness (QED) is 0.0662. The number of carbonyl (C=O) groups excluding carboxylic acids is 1. The molecule has 1 aliphatic heterocycles. The molecule has 0 aromatic rings. The summed E-state index contributed by atoms with van der Waals surface area (Å²) in [6, 6.07) is 0. The zero-order chi connectivity index (χ0) is 30.2. The molecular formula is C29H55NO12. The molecule has 0 spiro atoms. The molecule has 0 atom stereocenters. The smallest absolute Gasteiger partial charge is 0.333 e. The molecule has 0 saturated carbocycles. The van der Waals surface area contributed by atoms with Gasteiger partial charge in [0.15, 0.2) is 0 Å². The number of nitrogens with one attached hydrogen (secondary N) is 1. The lowest BCUT2D eigenvalue weighted by Gasteiger charge is -2.22. The van der Waals surface area contributed by atoms with Crippen LogP contribution in [0.3, 0.4) is 0 Å². The van der Waals surface area contributed by atoms with Crippen molar-refractivity contribution >= 4 is 5.97 Å². The first-order chi connectivity index (χ1) is 20.7. The van der Waals surface area contributed by atoms with Gasteiger partial charge in [0.05, 0.1) is 132 Å². The third-order valence-electron chi connectivity index (χ3n) is 5.65. The van der Waals surface area contributed by atoms with Gasteiger partial charge in [0, 0.05) is 5.57 Å². The summed E-state index contributed by atoms with van der Waals surface area (Å²) in [5.41, 5.74) is 0.372. The standard InChI is InChI=1S/C29H55NO12/c1-27(2)29(31)42-26-24-40-22-20-38-18-16-36-14-12-34-10-8-32-7-9-33-11-13-35-15-17-37-19-21-39-23-25-41-28-3-5-30-6-4-28/h28,30H,1,3-26H2,2H3. The van der Waals surface area contributed by atoms with E-state index in [0.29, 0.717) is 137 Å². The van der Waals surface area contributed by atoms with Gasteiger partial charge < -0.3 is 57.4 Å². The predicted octanol–water partition coefficient (Wildman–Crippen LogP) is 1.02. The van der Waals surface area contributed by atoms with Crippen LogP contribution in [0.15, 0.2) is 12.2 Å². The molecule has 1 fully saturated rings. The Morgan fingerprint density at radius 2 is 0.810 bits per heavy atom. The third-order valence-corrected chi connectivity index (χ3v) is 5.65. The minimum atomic E-state index is -0.410. The Bertz CT molecular complexity index is 607. The molecule has 1 saturated heterocycles. The van der Waals surface area contributed by atoms with Gasteiger partial charge in [0.25, 0.3) is 0 Å². The van der Waals surface area contributed by atoms with Crippen molar-refractivity contribution in [3.05, 3.63) is 12.2 Å². The van der Waals surface area contributed by atoms with Crippen LogP contribution in [0.1, 0.15) is 19.8 Å². The number of ether oxygens (including phenoxy) is 11. The van der Waals surface area contributed by atoms with Crippen LogP contribution < -0.4 is 5.32 Å². The molecule has 0 unspecified atom stereocenters. The third kappa shape index (κ3) is 27.6. The van der Waals surface area contributed by atoms with Crippen molar-refractivity contribution in [2.45, 2.75) is 25.9 Å². The summed E-state index contributed by atoms with van der Waals surface area (Å²) in [4.78, 5) is 11.2. The molecule has 0 bridgehead atoms. The average molecular weight is 610 g/mol. The van der Waals surface area contributed by atoms with Crippen LogP contribution in [-0.4, -0.2) is 157 Å². The van der Waals surface area contributed by atoms with E-state index in [2.05, 4.69) is 11.9 Å². The molecule has 1 N–H and O–H groups in total. The van der Waals surface area contributed by atoms with E-state index >= 15 is 0 Å². The van der Waals surface area contributed by atoms with Crippen molar-refractivity contribution < 1.29 is 56.9 Å². The Morgan fingerprint density at radius 1 is 0.524 bits per heavy atom. The average Bonchev–Trinajstić information content (AvgIpc) is 3.00. The lowest BCUT2D eigenvalue weighted by Crippen LogP contribution is -2.33. The van der Waals surface area contributed by atoms with Gasteiger partial charge in [0.1, 0.15) is 6.61 Å². The maximum absolute atomic E-state index is 11.2. The maximum atomic E-state index is 11.2. The Kier molecular flexibility index (Phi) is 28.8. The molecule has 0 radical (unpaired) electrons. The first-order valence-electron chi connectivity index (χ1n) is 15.0. The normalized spacial score (nSPS) is 13.9. The number of esters is 1. The van der Waals surface area contributed by atoms with Crippen LogP contribution in [0.5, 0.6) is 0 Å². The van der Waals surface area contributed by atoms with Crippen molar-refractivity contribution in [3.8, 4) is 0 Å². The lowest BCUT2D eigenvalue weighted by atomic mass is 10.1. The predicted molar refractivity (Wildman–Crippen MR) is 155 cm³/mol. The fourth-order valence-corrected chi connectivity index (χ4v) is 3.41. The van der Waals surface area contributed by atoms with Crippen molar-refractivity contribution in [2.24, 2.45) is 0 Å². The first-order valence-corrected chi connectivity index (χ1v) is 15.0. The van der Waals surface area contributed by atoms with Crippen LogP contribution in [0, 0.1) is 0 Å². The van der Waals surface area contributed by atoms with E-state index in [1.807, 2.05) is 0 Å². The lowest BCUT2D eigenvalue weighted by molar-refractivity contribution is -0.140. The summed E-state index contributed by atoms with van der Waals surface area (Å²) in [6.45, 7) is 17.0. The Morgan fingerprint density at radius 3 is 1.12 bits per heavy atom. The van der Waals surface area contributed by atoms with Gasteiger partial charge in [-0.1, -0.05) is 6.58 Å². The van der Waals surface area contributed by atoms with Gasteiger partial charge in [-0.05, 0) is 32.9 Å². The molecule has 1 rings (SSSR count). The first kappa shape index (κ1) is 38.8. The Labute approximate surface area is 251 Å². The van der Waals surface area contributed by atoms with E-state index in [-0.39, 0.29) is 6.61 Å². The Balaban J connectivity index is 1.62. The van der Waals surface area contributed by atoms with Gasteiger partial charge >= 0.3 is 5.97 Å². The second-order valence-corrected chi connectivity index (χ2v) is 9.25. The second kappa shape index (κ2) is 31.2. The Hall–Kier alpha value is -1.23. The second-order valence-electron chi connectivity index (χ2n) is 9.25. The highest BCUT2D eigenvalue weighted by molar-refractivity contribution is 5.86. The van der Waals surface area contributed by atoms with E-state index in [4.69, 9.17) is 52.1 Å². The van der Waals surface area contributed by atoms with Crippen molar-refractivity contribution in [3.63, 3.8) is 0 Å². The number of rotatable bonds is 32.